The summed E-state index contributed by atoms with van der Waals surface area (Å²) in [7, 11) is 9.78. The van der Waals surface area contributed by atoms with E-state index in [1.807, 2.05) is 0 Å². The van der Waals surface area contributed by atoms with E-state index in [0.717, 1.165) is 12.8 Å². The first-order valence-electron chi connectivity index (χ1n) is 7.56. The number of fused-ring (bicyclic) bond motifs is 2. The smallest absolute Gasteiger partial charge is 0.0668 e. The monoisotopic (exact) mass is 374 g/mol. The molecular weight excluding hydrogens is 359 g/mol. The van der Waals surface area contributed by atoms with Crippen molar-refractivity contribution in [2.45, 2.75) is 12.8 Å². The molecule has 0 nitrogen and oxygen atoms in total. The van der Waals surface area contributed by atoms with Crippen molar-refractivity contribution in [1.82, 2.24) is 0 Å². The molecular formula is C20H16Cl2Ti-2. The Morgan fingerprint density at radius 1 is 0.652 bits per heavy atom. The normalized spacial score (nSPS) is 10.5. The van der Waals surface area contributed by atoms with Gasteiger partial charge in [0, 0.05) is 0 Å². The molecule has 0 bridgehead atoms. The Balaban J connectivity index is 0.000000485. The Kier molecular flexibility index (Phi) is 5.97. The van der Waals surface area contributed by atoms with Crippen molar-refractivity contribution in [2.24, 2.45) is 0 Å². The maximum atomic E-state index is 4.89. The van der Waals surface area contributed by atoms with Gasteiger partial charge in [0.15, 0.2) is 0 Å². The largest absolute Gasteiger partial charge is 0.168 e. The summed E-state index contributed by atoms with van der Waals surface area (Å²) in [6.07, 6.45) is 2.23. The molecule has 0 radical (unpaired) electrons. The number of halogens is 2. The SMILES string of the molecule is [Cl][Ti][Cl].c1ccc2c(c1)cc[c-]2CC[c-]1ccc2ccccc21. The van der Waals surface area contributed by atoms with Gasteiger partial charge in [-0.2, -0.15) is 12.1 Å². The molecule has 4 rings (SSSR count). The van der Waals surface area contributed by atoms with E-state index in [1.165, 1.54) is 32.7 Å². The zero-order valence-corrected chi connectivity index (χ0v) is 15.7. The minimum Gasteiger partial charge on any atom is -0.168 e. The fourth-order valence-electron chi connectivity index (χ4n) is 3.14. The van der Waals surface area contributed by atoms with Gasteiger partial charge in [0.05, 0.1) is 0 Å². The van der Waals surface area contributed by atoms with E-state index in [1.54, 1.807) is 0 Å². The van der Waals surface area contributed by atoms with Crippen LogP contribution in [-0.4, -0.2) is 0 Å². The van der Waals surface area contributed by atoms with Crippen LogP contribution in [0, 0.1) is 0 Å². The molecule has 116 valence electrons. The summed E-state index contributed by atoms with van der Waals surface area (Å²) in [6.45, 7) is 0. The summed E-state index contributed by atoms with van der Waals surface area (Å²) in [5.41, 5.74) is 2.93. The number of benzene rings is 2. The molecule has 4 aromatic carbocycles. The van der Waals surface area contributed by atoms with Crippen molar-refractivity contribution in [3.63, 3.8) is 0 Å². The Bertz CT molecular complexity index is 815. The van der Waals surface area contributed by atoms with E-state index in [-0.39, 0.29) is 0 Å². The van der Waals surface area contributed by atoms with Gasteiger partial charge in [-0.1, -0.05) is 25.0 Å². The molecule has 0 saturated carbocycles. The second kappa shape index (κ2) is 8.17. The molecule has 0 spiro atoms. The molecule has 0 aliphatic rings. The molecule has 3 heteroatoms. The van der Waals surface area contributed by atoms with Crippen LogP contribution >= 0.6 is 18.6 Å². The van der Waals surface area contributed by atoms with Gasteiger partial charge in [-0.15, -0.1) is 81.2 Å². The third-order valence-corrected chi connectivity index (χ3v) is 4.21. The van der Waals surface area contributed by atoms with Crippen molar-refractivity contribution in [1.29, 1.82) is 0 Å². The molecule has 0 aliphatic heterocycles. The molecule has 0 unspecified atom stereocenters. The summed E-state index contributed by atoms with van der Waals surface area (Å²) in [6, 6.07) is 26.3. The molecule has 0 atom stereocenters. The van der Waals surface area contributed by atoms with E-state index in [4.69, 9.17) is 18.6 Å². The predicted octanol–water partition coefficient (Wildman–Crippen LogP) is 6.59. The Morgan fingerprint density at radius 2 is 1.04 bits per heavy atom. The van der Waals surface area contributed by atoms with Crippen LogP contribution in [0.3, 0.4) is 0 Å². The van der Waals surface area contributed by atoms with Gasteiger partial charge in [0.25, 0.3) is 0 Å². The molecule has 0 aromatic heterocycles. The minimum absolute atomic E-state index is 0.556. The van der Waals surface area contributed by atoms with Crippen LogP contribution in [-0.2, 0) is 29.9 Å². The maximum Gasteiger partial charge on any atom is -0.0668 e. The van der Waals surface area contributed by atoms with Gasteiger partial charge in [-0.25, -0.2) is 0 Å². The van der Waals surface area contributed by atoms with E-state index in [0.29, 0.717) is 0 Å². The summed E-state index contributed by atoms with van der Waals surface area (Å²) >= 11 is -0.556. The molecule has 0 heterocycles. The average molecular weight is 375 g/mol. The zero-order valence-electron chi connectivity index (χ0n) is 12.6. The first kappa shape index (κ1) is 16.8. The third kappa shape index (κ3) is 3.90. The van der Waals surface area contributed by atoms with Gasteiger partial charge in [0.1, 0.15) is 0 Å². The van der Waals surface area contributed by atoms with Crippen LogP contribution in [0.25, 0.3) is 21.5 Å². The Labute approximate surface area is 153 Å². The van der Waals surface area contributed by atoms with Crippen LogP contribution in [0.1, 0.15) is 11.1 Å². The van der Waals surface area contributed by atoms with E-state index in [2.05, 4.69) is 72.8 Å². The molecule has 0 N–H and O–H groups in total. The van der Waals surface area contributed by atoms with Crippen LogP contribution < -0.4 is 0 Å². The van der Waals surface area contributed by atoms with Crippen LogP contribution in [0.5, 0.6) is 0 Å². The maximum absolute atomic E-state index is 4.89. The van der Waals surface area contributed by atoms with Gasteiger partial charge in [0.2, 0.25) is 0 Å². The molecule has 0 aliphatic carbocycles. The first-order valence-corrected chi connectivity index (χ1v) is 11.9. The van der Waals surface area contributed by atoms with Crippen molar-refractivity contribution >= 4 is 40.2 Å². The number of aryl methyl sites for hydroxylation is 2. The summed E-state index contributed by atoms with van der Waals surface area (Å²) < 4.78 is 0. The van der Waals surface area contributed by atoms with E-state index in [9.17, 15) is 0 Å². The van der Waals surface area contributed by atoms with E-state index >= 15 is 0 Å². The predicted molar refractivity (Wildman–Crippen MR) is 98.2 cm³/mol. The second-order valence-corrected chi connectivity index (χ2v) is 8.04. The number of rotatable bonds is 3. The quantitative estimate of drug-likeness (QED) is 0.280. The van der Waals surface area contributed by atoms with Gasteiger partial charge in [-0.3, -0.25) is 0 Å². The van der Waals surface area contributed by atoms with Crippen molar-refractivity contribution in [2.75, 3.05) is 0 Å². The van der Waals surface area contributed by atoms with Crippen LogP contribution in [0.15, 0.2) is 72.8 Å². The summed E-state index contributed by atoms with van der Waals surface area (Å²) in [5.74, 6) is 0. The Hall–Kier alpha value is -1.05. The van der Waals surface area contributed by atoms with Crippen molar-refractivity contribution in [3.8, 4) is 0 Å². The topological polar surface area (TPSA) is 0 Å². The van der Waals surface area contributed by atoms with E-state index < -0.39 is 17.0 Å². The average Bonchev–Trinajstić information content (AvgIpc) is 3.18. The van der Waals surface area contributed by atoms with Crippen LogP contribution in [0.2, 0.25) is 0 Å². The molecule has 0 amide bonds. The van der Waals surface area contributed by atoms with Crippen molar-refractivity contribution in [3.05, 3.63) is 83.9 Å². The first-order chi connectivity index (χ1) is 11.3. The van der Waals surface area contributed by atoms with Gasteiger partial charge < -0.3 is 0 Å². The second-order valence-electron chi connectivity index (χ2n) is 5.46. The fraction of sp³-hybridized carbons (Fsp3) is 0.100. The number of hydrogen-bond donors (Lipinski definition) is 0. The summed E-state index contributed by atoms with van der Waals surface area (Å²) in [4.78, 5) is 0. The third-order valence-electron chi connectivity index (χ3n) is 4.21. The van der Waals surface area contributed by atoms with Crippen molar-refractivity contribution < 1.29 is 17.0 Å². The number of hydrogen-bond acceptors (Lipinski definition) is 0. The summed E-state index contributed by atoms with van der Waals surface area (Å²) in [5, 5.41) is 5.52. The molecule has 0 saturated heterocycles. The zero-order chi connectivity index (χ0) is 16.1. The Morgan fingerprint density at radius 3 is 1.48 bits per heavy atom. The fourth-order valence-corrected chi connectivity index (χ4v) is 3.14. The molecule has 4 aromatic rings. The molecule has 0 fully saturated rings. The van der Waals surface area contributed by atoms with Gasteiger partial charge >= 0.3 is 35.6 Å². The minimum atomic E-state index is -0.556. The van der Waals surface area contributed by atoms with Crippen LogP contribution in [0.4, 0.5) is 0 Å². The standard InChI is InChI=1S/C20H16.2ClH.Ti/c1-3-7-19-15(5-1)9-11-17(19)13-14-18-12-10-16-6-2-4-8-20(16)18;;;/h1-12H,13-14H2;2*1H;/q-2;;;+2/p-2. The molecule has 23 heavy (non-hydrogen) atoms. The van der Waals surface area contributed by atoms with Gasteiger partial charge in [-0.05, 0) is 0 Å².